The van der Waals surface area contributed by atoms with Crippen molar-refractivity contribution in [1.29, 1.82) is 0 Å². The van der Waals surface area contributed by atoms with Crippen LogP contribution in [-0.2, 0) is 4.79 Å². The predicted octanol–water partition coefficient (Wildman–Crippen LogP) is 5.13. The van der Waals surface area contributed by atoms with E-state index in [4.69, 9.17) is 0 Å². The van der Waals surface area contributed by atoms with Gasteiger partial charge in [0, 0.05) is 23.3 Å². The summed E-state index contributed by atoms with van der Waals surface area (Å²) in [7, 11) is 0. The van der Waals surface area contributed by atoms with Gasteiger partial charge in [-0.2, -0.15) is 0 Å². The van der Waals surface area contributed by atoms with E-state index in [0.29, 0.717) is 6.04 Å². The Bertz CT molecular complexity index is 1020. The molecule has 3 heteroatoms. The predicted molar refractivity (Wildman–Crippen MR) is 108 cm³/mol. The molecule has 0 unspecified atom stereocenters. The number of fused-ring (bicyclic) bond motifs is 1. The average Bonchev–Trinajstić information content (AvgIpc) is 3.30. The van der Waals surface area contributed by atoms with Crippen LogP contribution >= 0.6 is 0 Å². The molecule has 1 aliphatic carbocycles. The quantitative estimate of drug-likeness (QED) is 0.633. The summed E-state index contributed by atoms with van der Waals surface area (Å²) in [5, 5.41) is 4.27. The lowest BCUT2D eigenvalue weighted by molar-refractivity contribution is -0.117. The number of amides is 1. The second kappa shape index (κ2) is 6.49. The number of H-pyrrole nitrogens is 1. The van der Waals surface area contributed by atoms with Crippen LogP contribution in [0.5, 0.6) is 0 Å². The smallest absolute Gasteiger partial charge is 0.247 e. The van der Waals surface area contributed by atoms with Gasteiger partial charge in [-0.25, -0.2) is 0 Å². The topological polar surface area (TPSA) is 44.9 Å². The van der Waals surface area contributed by atoms with Gasteiger partial charge in [0.2, 0.25) is 5.91 Å². The number of carbonyl (C=O) groups is 1. The molecule has 1 saturated carbocycles. The molecular formula is C23H24N2O. The Morgan fingerprint density at radius 1 is 1.12 bits per heavy atom. The van der Waals surface area contributed by atoms with Crippen molar-refractivity contribution in [2.75, 3.05) is 0 Å². The van der Waals surface area contributed by atoms with Crippen molar-refractivity contribution in [3.63, 3.8) is 0 Å². The number of aromatic nitrogens is 1. The van der Waals surface area contributed by atoms with E-state index in [9.17, 15) is 4.79 Å². The third-order valence-corrected chi connectivity index (χ3v) is 5.12. The monoisotopic (exact) mass is 344 g/mol. The summed E-state index contributed by atoms with van der Waals surface area (Å²) in [5.74, 6) is 0.0471. The summed E-state index contributed by atoms with van der Waals surface area (Å²) < 4.78 is 0. The first-order valence-electron chi connectivity index (χ1n) is 9.19. The molecule has 3 aromatic rings. The number of aromatic amines is 1. The summed E-state index contributed by atoms with van der Waals surface area (Å²) in [4.78, 5) is 15.5. The fourth-order valence-electron chi connectivity index (χ4n) is 3.35. The molecule has 0 radical (unpaired) electrons. The van der Waals surface area contributed by atoms with Gasteiger partial charge < -0.3 is 10.3 Å². The lowest BCUT2D eigenvalue weighted by Crippen LogP contribution is -2.25. The number of hydrogen-bond acceptors (Lipinski definition) is 1. The highest BCUT2D eigenvalue weighted by molar-refractivity contribution is 5.98. The molecule has 0 aliphatic heterocycles. The lowest BCUT2D eigenvalue weighted by atomic mass is 9.94. The lowest BCUT2D eigenvalue weighted by Gasteiger charge is -2.12. The third kappa shape index (κ3) is 3.30. The molecule has 0 atom stereocenters. The van der Waals surface area contributed by atoms with Crippen LogP contribution in [0.3, 0.4) is 0 Å². The maximum Gasteiger partial charge on any atom is 0.247 e. The fraction of sp³-hybridized carbons (Fsp3) is 0.261. The van der Waals surface area contributed by atoms with E-state index in [1.54, 1.807) is 0 Å². The van der Waals surface area contributed by atoms with Gasteiger partial charge in [-0.05, 0) is 85.0 Å². The van der Waals surface area contributed by atoms with Gasteiger partial charge in [0.05, 0.1) is 0 Å². The first kappa shape index (κ1) is 16.6. The van der Waals surface area contributed by atoms with Crippen LogP contribution < -0.4 is 5.32 Å². The van der Waals surface area contributed by atoms with Gasteiger partial charge >= 0.3 is 0 Å². The maximum absolute atomic E-state index is 12.2. The van der Waals surface area contributed by atoms with Gasteiger partial charge in [-0.15, -0.1) is 0 Å². The van der Waals surface area contributed by atoms with Crippen LogP contribution in [0.2, 0.25) is 0 Å². The van der Waals surface area contributed by atoms with E-state index in [-0.39, 0.29) is 5.91 Å². The molecule has 1 aromatic heterocycles. The molecule has 0 bridgehead atoms. The number of carbonyl (C=O) groups excluding carboxylic acids is 1. The minimum atomic E-state index is 0.0471. The van der Waals surface area contributed by atoms with E-state index >= 15 is 0 Å². The molecule has 3 nitrogen and oxygen atoms in total. The molecule has 1 aliphatic rings. The Kier molecular flexibility index (Phi) is 4.15. The van der Waals surface area contributed by atoms with Crippen LogP contribution in [-0.4, -0.2) is 16.9 Å². The molecule has 0 saturated heterocycles. The van der Waals surface area contributed by atoms with Crippen molar-refractivity contribution in [2.24, 2.45) is 0 Å². The first-order valence-corrected chi connectivity index (χ1v) is 9.19. The molecule has 0 spiro atoms. The molecular weight excluding hydrogens is 320 g/mol. The van der Waals surface area contributed by atoms with Gasteiger partial charge in [-0.1, -0.05) is 24.3 Å². The third-order valence-electron chi connectivity index (χ3n) is 5.12. The molecule has 132 valence electrons. The fourth-order valence-corrected chi connectivity index (χ4v) is 3.35. The zero-order valence-electron chi connectivity index (χ0n) is 15.5. The van der Waals surface area contributed by atoms with Crippen LogP contribution in [0.25, 0.3) is 28.1 Å². The summed E-state index contributed by atoms with van der Waals surface area (Å²) >= 11 is 0. The summed E-state index contributed by atoms with van der Waals surface area (Å²) in [6.45, 7) is 6.12. The minimum Gasteiger partial charge on any atom is -0.361 e. The first-order chi connectivity index (χ1) is 12.5. The van der Waals surface area contributed by atoms with Crippen molar-refractivity contribution >= 4 is 22.9 Å². The van der Waals surface area contributed by atoms with Crippen LogP contribution in [0, 0.1) is 13.8 Å². The number of aryl methyl sites for hydroxylation is 2. The van der Waals surface area contributed by atoms with E-state index in [1.807, 2.05) is 19.2 Å². The Morgan fingerprint density at radius 2 is 1.92 bits per heavy atom. The van der Waals surface area contributed by atoms with Gasteiger partial charge in [0.15, 0.2) is 0 Å². The maximum atomic E-state index is 12.2. The van der Waals surface area contributed by atoms with Gasteiger partial charge in [-0.3, -0.25) is 4.79 Å². The van der Waals surface area contributed by atoms with Crippen molar-refractivity contribution in [2.45, 2.75) is 39.7 Å². The number of rotatable bonds is 4. The van der Waals surface area contributed by atoms with Crippen molar-refractivity contribution in [3.05, 3.63) is 64.9 Å². The van der Waals surface area contributed by atoms with Crippen LogP contribution in [0.4, 0.5) is 0 Å². The van der Waals surface area contributed by atoms with Gasteiger partial charge in [0.1, 0.15) is 0 Å². The SMILES string of the molecule is C/C(=C\c1cc(C)c(-c2ccc3cc[nH]c3c2)cc1C)C(=O)NC1CC1. The molecule has 26 heavy (non-hydrogen) atoms. The van der Waals surface area contributed by atoms with Gasteiger partial charge in [0.25, 0.3) is 0 Å². The number of benzene rings is 2. The number of hydrogen-bond donors (Lipinski definition) is 2. The van der Waals surface area contributed by atoms with Crippen LogP contribution in [0.1, 0.15) is 36.5 Å². The van der Waals surface area contributed by atoms with E-state index in [1.165, 1.54) is 27.6 Å². The minimum absolute atomic E-state index is 0.0471. The molecule has 2 aromatic carbocycles. The largest absolute Gasteiger partial charge is 0.361 e. The molecule has 4 rings (SSSR count). The molecule has 1 fully saturated rings. The Morgan fingerprint density at radius 3 is 2.69 bits per heavy atom. The van der Waals surface area contributed by atoms with E-state index < -0.39 is 0 Å². The molecule has 1 heterocycles. The van der Waals surface area contributed by atoms with Crippen molar-refractivity contribution in [1.82, 2.24) is 10.3 Å². The molecule has 1 amide bonds. The van der Waals surface area contributed by atoms with E-state index in [0.717, 1.165) is 29.5 Å². The van der Waals surface area contributed by atoms with Crippen molar-refractivity contribution in [3.8, 4) is 11.1 Å². The van der Waals surface area contributed by atoms with Crippen molar-refractivity contribution < 1.29 is 4.79 Å². The zero-order chi connectivity index (χ0) is 18.3. The highest BCUT2D eigenvalue weighted by atomic mass is 16.1. The average molecular weight is 344 g/mol. The highest BCUT2D eigenvalue weighted by Crippen LogP contribution is 2.30. The standard InChI is InChI=1S/C23H24N2O/c1-14-12-21(18-5-4-17-8-9-24-22(17)13-18)15(2)10-19(14)11-16(3)23(26)25-20-6-7-20/h4-5,8-13,20,24H,6-7H2,1-3H3,(H,25,26)/b16-11+. The van der Waals surface area contributed by atoms with Crippen LogP contribution in [0.15, 0.2) is 48.2 Å². The molecule has 2 N–H and O–H groups in total. The normalized spacial score (nSPS) is 14.7. The Labute approximate surface area is 154 Å². The second-order valence-electron chi connectivity index (χ2n) is 7.38. The van der Waals surface area contributed by atoms with E-state index in [2.05, 4.69) is 60.5 Å². The number of nitrogens with one attached hydrogen (secondary N) is 2. The highest BCUT2D eigenvalue weighted by Gasteiger charge is 2.23. The zero-order valence-corrected chi connectivity index (χ0v) is 15.5. The summed E-state index contributed by atoms with van der Waals surface area (Å²) in [6.07, 6.45) is 6.18. The Hall–Kier alpha value is -2.81. The second-order valence-corrected chi connectivity index (χ2v) is 7.38. The summed E-state index contributed by atoms with van der Waals surface area (Å²) in [5.41, 5.74) is 7.85. The Balaban J connectivity index is 1.66. The summed E-state index contributed by atoms with van der Waals surface area (Å²) in [6, 6.07) is 13.4.